The molecule has 0 aromatic carbocycles. The zero-order chi connectivity index (χ0) is 7.40. The Morgan fingerprint density at radius 1 is 1.00 bits per heavy atom. The van der Waals surface area contributed by atoms with Crippen LogP contribution < -0.4 is 11.5 Å². The van der Waals surface area contributed by atoms with Crippen molar-refractivity contribution in [1.82, 2.24) is 0 Å². The molecule has 10 heavy (non-hydrogen) atoms. The van der Waals surface area contributed by atoms with E-state index in [1.54, 1.807) is 0 Å². The molecule has 60 valence electrons. The molecule has 0 aromatic rings. The maximum absolute atomic E-state index is 5.58. The van der Waals surface area contributed by atoms with Crippen LogP contribution in [-0.4, -0.2) is 13.1 Å². The first-order valence-electron chi connectivity index (χ1n) is 4.27. The van der Waals surface area contributed by atoms with Gasteiger partial charge in [-0.05, 0) is 44.2 Å². The van der Waals surface area contributed by atoms with Crippen LogP contribution in [0.25, 0.3) is 0 Å². The van der Waals surface area contributed by atoms with Gasteiger partial charge in [0.1, 0.15) is 0 Å². The number of nitrogens with two attached hydrogens (primary N) is 2. The lowest BCUT2D eigenvalue weighted by atomic mass is 9.81. The predicted octanol–water partition coefficient (Wildman–Crippen LogP) is 0.710. The molecule has 1 aliphatic rings. The highest BCUT2D eigenvalue weighted by molar-refractivity contribution is 4.73. The fraction of sp³-hybridized carbons (Fsp3) is 1.00. The van der Waals surface area contributed by atoms with Gasteiger partial charge in [-0.2, -0.15) is 0 Å². The van der Waals surface area contributed by atoms with Crippen molar-refractivity contribution in [2.45, 2.75) is 25.7 Å². The Bertz CT molecular complexity index is 83.3. The molecule has 0 aliphatic heterocycles. The largest absolute Gasteiger partial charge is 0.330 e. The summed E-state index contributed by atoms with van der Waals surface area (Å²) >= 11 is 0. The molecule has 1 fully saturated rings. The Morgan fingerprint density at radius 2 is 1.50 bits per heavy atom. The second-order valence-electron chi connectivity index (χ2n) is 3.37. The van der Waals surface area contributed by atoms with Gasteiger partial charge >= 0.3 is 0 Å². The molecule has 2 heteroatoms. The predicted molar refractivity (Wildman–Crippen MR) is 43.6 cm³/mol. The quantitative estimate of drug-likeness (QED) is 0.596. The van der Waals surface area contributed by atoms with Gasteiger partial charge in [0.2, 0.25) is 0 Å². The van der Waals surface area contributed by atoms with Crippen LogP contribution in [0.15, 0.2) is 0 Å². The van der Waals surface area contributed by atoms with E-state index in [9.17, 15) is 0 Å². The highest BCUT2D eigenvalue weighted by atomic mass is 14.6. The molecule has 0 unspecified atom stereocenters. The van der Waals surface area contributed by atoms with Crippen LogP contribution in [0.5, 0.6) is 0 Å². The Hall–Kier alpha value is -0.0800. The minimum atomic E-state index is 0.766. The highest BCUT2D eigenvalue weighted by Crippen LogP contribution is 2.27. The summed E-state index contributed by atoms with van der Waals surface area (Å²) in [7, 11) is 0. The van der Waals surface area contributed by atoms with E-state index in [0.29, 0.717) is 0 Å². The molecule has 0 amide bonds. The van der Waals surface area contributed by atoms with E-state index in [-0.39, 0.29) is 0 Å². The van der Waals surface area contributed by atoms with Crippen molar-refractivity contribution in [1.29, 1.82) is 0 Å². The number of hydrogen-bond donors (Lipinski definition) is 2. The second kappa shape index (κ2) is 3.94. The van der Waals surface area contributed by atoms with Crippen LogP contribution in [-0.2, 0) is 0 Å². The molecule has 4 N–H and O–H groups in total. The summed E-state index contributed by atoms with van der Waals surface area (Å²) < 4.78 is 0. The minimum Gasteiger partial charge on any atom is -0.330 e. The van der Waals surface area contributed by atoms with Crippen molar-refractivity contribution in [3.8, 4) is 0 Å². The van der Waals surface area contributed by atoms with E-state index >= 15 is 0 Å². The summed E-state index contributed by atoms with van der Waals surface area (Å²) in [4.78, 5) is 0. The van der Waals surface area contributed by atoms with Crippen molar-refractivity contribution in [2.24, 2.45) is 23.3 Å². The molecule has 2 nitrogen and oxygen atoms in total. The molecule has 0 bridgehead atoms. The van der Waals surface area contributed by atoms with E-state index in [1.165, 1.54) is 25.7 Å². The van der Waals surface area contributed by atoms with Gasteiger partial charge in [0, 0.05) is 0 Å². The highest BCUT2D eigenvalue weighted by Gasteiger charge is 2.19. The van der Waals surface area contributed by atoms with E-state index in [0.717, 1.165) is 24.9 Å². The van der Waals surface area contributed by atoms with Gasteiger partial charge in [0.05, 0.1) is 0 Å². The third-order valence-corrected chi connectivity index (χ3v) is 2.56. The molecule has 2 atom stereocenters. The van der Waals surface area contributed by atoms with E-state index in [1.807, 2.05) is 0 Å². The third-order valence-electron chi connectivity index (χ3n) is 2.56. The topological polar surface area (TPSA) is 52.0 Å². The average molecular weight is 142 g/mol. The average Bonchev–Trinajstić information content (AvgIpc) is 2.05. The molecule has 0 aromatic heterocycles. The number of hydrogen-bond acceptors (Lipinski definition) is 2. The molecule has 0 heterocycles. The first-order valence-corrected chi connectivity index (χ1v) is 4.27. The van der Waals surface area contributed by atoms with Crippen LogP contribution in [0.4, 0.5) is 0 Å². The zero-order valence-corrected chi connectivity index (χ0v) is 6.55. The first kappa shape index (κ1) is 8.02. The SMILES string of the molecule is NC[C@H]1CCC[C@H](CN)C1. The molecule has 0 spiro atoms. The summed E-state index contributed by atoms with van der Waals surface area (Å²) in [6.45, 7) is 1.72. The Balaban J connectivity index is 2.25. The van der Waals surface area contributed by atoms with Gasteiger partial charge in [-0.25, -0.2) is 0 Å². The number of rotatable bonds is 2. The van der Waals surface area contributed by atoms with Gasteiger partial charge in [-0.3, -0.25) is 0 Å². The molecular weight excluding hydrogens is 124 g/mol. The monoisotopic (exact) mass is 142 g/mol. The van der Waals surface area contributed by atoms with Crippen molar-refractivity contribution >= 4 is 0 Å². The summed E-state index contributed by atoms with van der Waals surface area (Å²) in [5.74, 6) is 1.53. The summed E-state index contributed by atoms with van der Waals surface area (Å²) in [5.41, 5.74) is 11.2. The Morgan fingerprint density at radius 3 is 1.90 bits per heavy atom. The van der Waals surface area contributed by atoms with Crippen LogP contribution >= 0.6 is 0 Å². The molecule has 1 aliphatic carbocycles. The van der Waals surface area contributed by atoms with Crippen molar-refractivity contribution in [2.75, 3.05) is 13.1 Å². The Kier molecular flexibility index (Phi) is 3.16. The minimum absolute atomic E-state index is 0.766. The van der Waals surface area contributed by atoms with E-state index in [4.69, 9.17) is 11.5 Å². The van der Waals surface area contributed by atoms with Crippen molar-refractivity contribution in [3.05, 3.63) is 0 Å². The Labute approximate surface area is 63.0 Å². The van der Waals surface area contributed by atoms with Gasteiger partial charge in [-0.15, -0.1) is 0 Å². The maximum Gasteiger partial charge on any atom is -0.00488 e. The lowest BCUT2D eigenvalue weighted by Crippen LogP contribution is -2.26. The van der Waals surface area contributed by atoms with Crippen LogP contribution in [0, 0.1) is 11.8 Å². The summed E-state index contributed by atoms with van der Waals surface area (Å²) in [5, 5.41) is 0. The van der Waals surface area contributed by atoms with E-state index < -0.39 is 0 Å². The molecule has 0 radical (unpaired) electrons. The molecule has 1 rings (SSSR count). The lowest BCUT2D eigenvalue weighted by molar-refractivity contribution is 0.277. The van der Waals surface area contributed by atoms with Gasteiger partial charge in [0.25, 0.3) is 0 Å². The van der Waals surface area contributed by atoms with Crippen LogP contribution in [0.3, 0.4) is 0 Å². The van der Waals surface area contributed by atoms with E-state index in [2.05, 4.69) is 0 Å². The van der Waals surface area contributed by atoms with Crippen molar-refractivity contribution < 1.29 is 0 Å². The van der Waals surface area contributed by atoms with Crippen molar-refractivity contribution in [3.63, 3.8) is 0 Å². The van der Waals surface area contributed by atoms with Gasteiger partial charge < -0.3 is 11.5 Å². The van der Waals surface area contributed by atoms with Crippen LogP contribution in [0.2, 0.25) is 0 Å². The molecule has 0 saturated heterocycles. The molecular formula is C8H18N2. The second-order valence-corrected chi connectivity index (χ2v) is 3.37. The van der Waals surface area contributed by atoms with Crippen LogP contribution in [0.1, 0.15) is 25.7 Å². The zero-order valence-electron chi connectivity index (χ0n) is 6.55. The molecule has 1 saturated carbocycles. The maximum atomic E-state index is 5.58. The summed E-state index contributed by atoms with van der Waals surface area (Å²) in [6, 6.07) is 0. The first-order chi connectivity index (χ1) is 4.86. The smallest absolute Gasteiger partial charge is 0.00488 e. The van der Waals surface area contributed by atoms with Gasteiger partial charge in [-0.1, -0.05) is 6.42 Å². The fourth-order valence-electron chi connectivity index (χ4n) is 1.83. The normalized spacial score (nSPS) is 34.2. The van der Waals surface area contributed by atoms with Gasteiger partial charge in [0.15, 0.2) is 0 Å². The fourth-order valence-corrected chi connectivity index (χ4v) is 1.83. The third kappa shape index (κ3) is 1.96. The summed E-state index contributed by atoms with van der Waals surface area (Å²) in [6.07, 6.45) is 5.26. The lowest BCUT2D eigenvalue weighted by Gasteiger charge is -2.26. The standard InChI is InChI=1S/C8H18N2/c9-5-7-2-1-3-8(4-7)6-10/h7-8H,1-6,9-10H2/t7-,8-/m0/s1.